The molecule has 0 saturated heterocycles. The molecule has 44 heavy (non-hydrogen) atoms. The molecule has 10 rings (SSSR count). The van der Waals surface area contributed by atoms with E-state index in [1.54, 1.807) is 0 Å². The van der Waals surface area contributed by atoms with Gasteiger partial charge in [0.2, 0.25) is 5.95 Å². The zero-order valence-electron chi connectivity index (χ0n) is 24.0. The lowest BCUT2D eigenvalue weighted by atomic mass is 9.87. The van der Waals surface area contributed by atoms with Gasteiger partial charge >= 0.3 is 0 Å². The van der Waals surface area contributed by atoms with Crippen LogP contribution in [0.2, 0.25) is 0 Å². The normalized spacial score (nSPS) is 15.0. The van der Waals surface area contributed by atoms with Gasteiger partial charge in [-0.3, -0.25) is 4.57 Å². The lowest BCUT2D eigenvalue weighted by molar-refractivity contribution is 0.655. The average Bonchev–Trinajstić information content (AvgIpc) is 3.71. The number of nitriles is 1. The van der Waals surface area contributed by atoms with Crippen LogP contribution in [-0.2, 0) is 0 Å². The maximum Gasteiger partial charge on any atom is 0.236 e. The Morgan fingerprint density at radius 1 is 0.750 bits per heavy atom. The van der Waals surface area contributed by atoms with Crippen molar-refractivity contribution in [2.24, 2.45) is 0 Å². The highest BCUT2D eigenvalue weighted by atomic mass is 15.2. The van der Waals surface area contributed by atoms with E-state index in [0.29, 0.717) is 11.6 Å². The number of rotatable bonds is 2. The largest absolute Gasteiger partial charge is 0.308 e. The summed E-state index contributed by atoms with van der Waals surface area (Å²) >= 11 is 0. The van der Waals surface area contributed by atoms with Crippen molar-refractivity contribution in [2.45, 2.75) is 25.7 Å². The van der Waals surface area contributed by atoms with Gasteiger partial charge in [0, 0.05) is 37.9 Å². The third-order valence-electron chi connectivity index (χ3n) is 9.86. The van der Waals surface area contributed by atoms with Crippen molar-refractivity contribution in [1.82, 2.24) is 18.9 Å². The van der Waals surface area contributed by atoms with E-state index >= 15 is 0 Å². The van der Waals surface area contributed by atoms with E-state index in [1.165, 1.54) is 59.6 Å². The van der Waals surface area contributed by atoms with Crippen molar-refractivity contribution >= 4 is 76.7 Å². The maximum atomic E-state index is 10.4. The van der Waals surface area contributed by atoms with Crippen LogP contribution in [0.25, 0.3) is 82.7 Å². The molecular formula is C39H25N5. The molecule has 0 amide bonds. The smallest absolute Gasteiger partial charge is 0.236 e. The molecule has 0 spiro atoms. The number of allylic oxidation sites excluding steroid dienone is 1. The number of para-hydroxylation sites is 2. The summed E-state index contributed by atoms with van der Waals surface area (Å²) < 4.78 is 4.63. The first-order valence-electron chi connectivity index (χ1n) is 15.3. The predicted octanol–water partition coefficient (Wildman–Crippen LogP) is 9.66. The topological polar surface area (TPSA) is 58.9 Å². The first kappa shape index (κ1) is 23.8. The van der Waals surface area contributed by atoms with Gasteiger partial charge in [-0.2, -0.15) is 5.26 Å². The van der Waals surface area contributed by atoms with Gasteiger partial charge in [0.1, 0.15) is 11.8 Å². The Bertz CT molecular complexity index is 2750. The van der Waals surface area contributed by atoms with Crippen LogP contribution in [0.15, 0.2) is 97.1 Å². The summed E-state index contributed by atoms with van der Waals surface area (Å²) in [5.74, 6) is 0.794. The van der Waals surface area contributed by atoms with Crippen LogP contribution in [0.3, 0.4) is 0 Å². The minimum atomic E-state index is 0.253. The third-order valence-corrected chi connectivity index (χ3v) is 9.86. The standard InChI is InChI=1S/C39H25N5/c1-2-22-11-9-15-28-34(22)29(21-40)42-39(41-28)44-32-19-18-23-10-3-4-12-24(23)35(32)37-33(44)20-27-25-13-5-7-16-30(25)43-31-17-8-6-14-26(31)36(37)38(27)43/h3-10,12-20,22H,2,11H2,1H3. The Morgan fingerprint density at radius 3 is 2.32 bits per heavy atom. The fraction of sp³-hybridized carbons (Fsp3) is 0.103. The van der Waals surface area contributed by atoms with Crippen molar-refractivity contribution in [3.8, 4) is 12.0 Å². The first-order chi connectivity index (χ1) is 21.8. The molecule has 1 unspecified atom stereocenters. The second-order valence-electron chi connectivity index (χ2n) is 12.0. The molecule has 0 fully saturated rings. The molecule has 4 heterocycles. The van der Waals surface area contributed by atoms with Gasteiger partial charge in [0.05, 0.1) is 33.3 Å². The van der Waals surface area contributed by atoms with Gasteiger partial charge in [0.15, 0.2) is 0 Å². The molecule has 0 N–H and O–H groups in total. The summed E-state index contributed by atoms with van der Waals surface area (Å²) in [5.41, 5.74) is 8.05. The van der Waals surface area contributed by atoms with E-state index in [2.05, 4.69) is 125 Å². The van der Waals surface area contributed by atoms with Crippen molar-refractivity contribution in [1.29, 1.82) is 5.26 Å². The summed E-state index contributed by atoms with van der Waals surface area (Å²) in [6.45, 7) is 2.17. The second kappa shape index (κ2) is 8.43. The molecular weight excluding hydrogens is 538 g/mol. The molecule has 1 aliphatic rings. The Hall–Kier alpha value is -5.73. The molecule has 206 valence electrons. The van der Waals surface area contributed by atoms with Gasteiger partial charge < -0.3 is 4.40 Å². The molecule has 0 saturated carbocycles. The molecule has 5 heteroatoms. The minimum absolute atomic E-state index is 0.253. The molecule has 0 aliphatic heterocycles. The monoisotopic (exact) mass is 563 g/mol. The third kappa shape index (κ3) is 2.83. The summed E-state index contributed by atoms with van der Waals surface area (Å²) in [6.07, 6.45) is 6.11. The number of hydrogen-bond donors (Lipinski definition) is 0. The Labute approximate surface area is 252 Å². The Kier molecular flexibility index (Phi) is 4.56. The zero-order valence-corrected chi connectivity index (χ0v) is 24.0. The van der Waals surface area contributed by atoms with Gasteiger partial charge in [0.25, 0.3) is 0 Å². The van der Waals surface area contributed by atoms with Gasteiger partial charge in [-0.05, 0) is 59.9 Å². The second-order valence-corrected chi connectivity index (χ2v) is 12.0. The number of benzene rings is 5. The highest BCUT2D eigenvalue weighted by molar-refractivity contribution is 6.38. The van der Waals surface area contributed by atoms with Crippen LogP contribution in [0.5, 0.6) is 0 Å². The quantitative estimate of drug-likeness (QED) is 0.210. The lowest BCUT2D eigenvalue weighted by Crippen LogP contribution is -2.13. The SMILES string of the molecule is CCC1CC=Cc2nc(-n3c4ccc5ccccc5c4c4c5c6ccccc6n6c7ccccc7c(cc43)c56)nc(C#N)c21. The van der Waals surface area contributed by atoms with Crippen LogP contribution in [-0.4, -0.2) is 18.9 Å². The Balaban J connectivity index is 1.49. The van der Waals surface area contributed by atoms with Crippen LogP contribution >= 0.6 is 0 Å². The number of fused-ring (bicyclic) bond motifs is 13. The fourth-order valence-electron chi connectivity index (χ4n) is 8.01. The number of aromatic nitrogens is 4. The van der Waals surface area contributed by atoms with E-state index < -0.39 is 0 Å². The number of nitrogens with zero attached hydrogens (tertiary/aromatic N) is 5. The van der Waals surface area contributed by atoms with E-state index in [4.69, 9.17) is 9.97 Å². The van der Waals surface area contributed by atoms with Crippen molar-refractivity contribution < 1.29 is 0 Å². The van der Waals surface area contributed by atoms with Gasteiger partial charge in [-0.25, -0.2) is 9.97 Å². The molecule has 1 atom stereocenters. The molecule has 0 radical (unpaired) electrons. The van der Waals surface area contributed by atoms with Crippen molar-refractivity contribution in [3.63, 3.8) is 0 Å². The van der Waals surface area contributed by atoms with E-state index in [1.807, 2.05) is 0 Å². The van der Waals surface area contributed by atoms with Crippen LogP contribution in [0.4, 0.5) is 0 Å². The van der Waals surface area contributed by atoms with Crippen molar-refractivity contribution in [3.05, 3.63) is 114 Å². The van der Waals surface area contributed by atoms with Gasteiger partial charge in [-0.15, -0.1) is 0 Å². The highest BCUT2D eigenvalue weighted by Crippen LogP contribution is 2.48. The molecule has 9 aromatic rings. The maximum absolute atomic E-state index is 10.4. The molecule has 5 nitrogen and oxygen atoms in total. The van der Waals surface area contributed by atoms with Crippen molar-refractivity contribution in [2.75, 3.05) is 0 Å². The van der Waals surface area contributed by atoms with Gasteiger partial charge in [-0.1, -0.05) is 79.7 Å². The molecule has 0 bridgehead atoms. The van der Waals surface area contributed by atoms with E-state index in [-0.39, 0.29) is 5.92 Å². The molecule has 1 aliphatic carbocycles. The lowest BCUT2D eigenvalue weighted by Gasteiger charge is -2.21. The highest BCUT2D eigenvalue weighted by Gasteiger charge is 2.28. The van der Waals surface area contributed by atoms with E-state index in [0.717, 1.165) is 35.1 Å². The van der Waals surface area contributed by atoms with Crippen LogP contribution < -0.4 is 0 Å². The summed E-state index contributed by atoms with van der Waals surface area (Å²) in [5, 5.41) is 20.0. The molecule has 4 aromatic heterocycles. The van der Waals surface area contributed by atoms with E-state index in [9.17, 15) is 5.26 Å². The fourth-order valence-corrected chi connectivity index (χ4v) is 8.01. The van der Waals surface area contributed by atoms with Crippen LogP contribution in [0.1, 0.15) is 42.6 Å². The summed E-state index contributed by atoms with van der Waals surface area (Å²) in [4.78, 5) is 10.2. The summed E-state index contributed by atoms with van der Waals surface area (Å²) in [6, 6.07) is 35.2. The predicted molar refractivity (Wildman–Crippen MR) is 180 cm³/mol. The number of hydrogen-bond acceptors (Lipinski definition) is 3. The zero-order chi connectivity index (χ0) is 29.1. The Morgan fingerprint density at radius 2 is 1.50 bits per heavy atom. The minimum Gasteiger partial charge on any atom is -0.308 e. The van der Waals surface area contributed by atoms with Crippen LogP contribution in [0, 0.1) is 11.3 Å². The first-order valence-corrected chi connectivity index (χ1v) is 15.3. The molecule has 5 aromatic carbocycles. The summed E-state index contributed by atoms with van der Waals surface area (Å²) in [7, 11) is 0. The average molecular weight is 564 g/mol.